The molecule has 3 unspecified atom stereocenters. The summed E-state index contributed by atoms with van der Waals surface area (Å²) in [5.41, 5.74) is 0.321. The molecule has 1 aliphatic heterocycles. The minimum absolute atomic E-state index is 0. The summed E-state index contributed by atoms with van der Waals surface area (Å²) in [4.78, 5) is 0. The van der Waals surface area contributed by atoms with Crippen LogP contribution in [0.1, 0.15) is 11.6 Å². The second kappa shape index (κ2) is 6.91. The van der Waals surface area contributed by atoms with Crippen LogP contribution in [0.15, 0.2) is 24.3 Å². The maximum Gasteiger partial charge on any atom is 0.168 e. The molecule has 18 heavy (non-hydrogen) atoms. The number of nitrogens with zero attached hydrogens (tertiary/aromatic N) is 1. The standard InChI is InChI=1S/C11H10FN3OS.K/c12-8-4-2-1-3-6(8)9-7(5-13)10(16)15-11(17)14-9;/h1-4,7,9-10,16H,(H2,14,15,17);. The van der Waals surface area contributed by atoms with E-state index in [1.54, 1.807) is 18.2 Å². The van der Waals surface area contributed by atoms with E-state index in [9.17, 15) is 9.50 Å². The number of hydrogen-bond donors (Lipinski definition) is 3. The normalized spacial score (nSPS) is 26.3. The van der Waals surface area contributed by atoms with E-state index in [2.05, 4.69) is 10.6 Å². The second-order valence-electron chi connectivity index (χ2n) is 3.72. The van der Waals surface area contributed by atoms with E-state index in [-0.39, 0.29) is 56.5 Å². The van der Waals surface area contributed by atoms with E-state index in [1.807, 2.05) is 6.07 Å². The Morgan fingerprint density at radius 1 is 1.33 bits per heavy atom. The molecule has 1 radical (unpaired) electrons. The first-order valence-electron chi connectivity index (χ1n) is 5.02. The molecule has 0 amide bonds. The van der Waals surface area contributed by atoms with Crippen molar-refractivity contribution < 1.29 is 9.50 Å². The number of nitriles is 1. The molecular weight excluding hydrogens is 280 g/mol. The number of benzene rings is 1. The molecule has 1 fully saturated rings. The number of rotatable bonds is 1. The Bertz CT molecular complexity index is 493. The van der Waals surface area contributed by atoms with Crippen molar-refractivity contribution in [2.24, 2.45) is 5.92 Å². The molecule has 0 aliphatic carbocycles. The van der Waals surface area contributed by atoms with Crippen molar-refractivity contribution in [1.29, 1.82) is 5.26 Å². The van der Waals surface area contributed by atoms with Crippen LogP contribution in [-0.4, -0.2) is 67.8 Å². The molecule has 1 aliphatic rings. The molecule has 3 atom stereocenters. The molecule has 1 saturated heterocycles. The van der Waals surface area contributed by atoms with E-state index in [0.717, 1.165) is 0 Å². The second-order valence-corrected chi connectivity index (χ2v) is 4.12. The Balaban J connectivity index is 0.00000162. The van der Waals surface area contributed by atoms with E-state index in [1.165, 1.54) is 6.07 Å². The van der Waals surface area contributed by atoms with Gasteiger partial charge in [-0.25, -0.2) is 4.39 Å². The van der Waals surface area contributed by atoms with Gasteiger partial charge in [-0.2, -0.15) is 5.26 Å². The average molecular weight is 290 g/mol. The van der Waals surface area contributed by atoms with E-state index >= 15 is 0 Å². The van der Waals surface area contributed by atoms with Crippen LogP contribution in [0.25, 0.3) is 0 Å². The van der Waals surface area contributed by atoms with Gasteiger partial charge in [0, 0.05) is 56.9 Å². The molecule has 0 saturated carbocycles. The van der Waals surface area contributed by atoms with Gasteiger partial charge in [0.2, 0.25) is 0 Å². The SMILES string of the molecule is N#CC1C(O)NC(=S)NC1c1ccccc1F.[K]. The van der Waals surface area contributed by atoms with Gasteiger partial charge in [0.25, 0.3) is 0 Å². The van der Waals surface area contributed by atoms with Gasteiger partial charge in [0.15, 0.2) is 5.11 Å². The molecule has 0 bridgehead atoms. The van der Waals surface area contributed by atoms with E-state index in [0.29, 0.717) is 5.56 Å². The molecule has 1 aromatic carbocycles. The van der Waals surface area contributed by atoms with Crippen LogP contribution in [0.2, 0.25) is 0 Å². The van der Waals surface area contributed by atoms with Crippen LogP contribution in [0.3, 0.4) is 0 Å². The zero-order valence-corrected chi connectivity index (χ0v) is 13.7. The van der Waals surface area contributed by atoms with Gasteiger partial charge in [-0.15, -0.1) is 0 Å². The van der Waals surface area contributed by atoms with Crippen LogP contribution >= 0.6 is 12.2 Å². The monoisotopic (exact) mass is 290 g/mol. The first-order chi connectivity index (χ1) is 8.13. The number of aliphatic hydroxyl groups excluding tert-OH is 1. The molecule has 3 N–H and O–H groups in total. The number of aliphatic hydroxyl groups is 1. The first kappa shape index (κ1) is 16.0. The van der Waals surface area contributed by atoms with Crippen molar-refractivity contribution in [2.75, 3.05) is 0 Å². The van der Waals surface area contributed by atoms with Crippen molar-refractivity contribution >= 4 is 68.7 Å². The maximum atomic E-state index is 13.6. The van der Waals surface area contributed by atoms with Crippen molar-refractivity contribution in [2.45, 2.75) is 12.3 Å². The Hall–Kier alpha value is -0.0736. The fourth-order valence-electron chi connectivity index (χ4n) is 1.82. The van der Waals surface area contributed by atoms with Gasteiger partial charge in [0.05, 0.1) is 12.1 Å². The largest absolute Gasteiger partial charge is 0.372 e. The van der Waals surface area contributed by atoms with Crippen LogP contribution in [-0.2, 0) is 0 Å². The minimum Gasteiger partial charge on any atom is -0.372 e. The smallest absolute Gasteiger partial charge is 0.168 e. The van der Waals surface area contributed by atoms with E-state index < -0.39 is 24.0 Å². The van der Waals surface area contributed by atoms with Crippen molar-refractivity contribution in [3.63, 3.8) is 0 Å². The zero-order valence-electron chi connectivity index (χ0n) is 9.72. The van der Waals surface area contributed by atoms with Gasteiger partial charge in [-0.05, 0) is 18.3 Å². The third-order valence-corrected chi connectivity index (χ3v) is 2.89. The average Bonchev–Trinajstić information content (AvgIpc) is 2.28. The molecule has 7 heteroatoms. The molecule has 2 rings (SSSR count). The number of thiocarbonyl (C=S) groups is 1. The predicted octanol–water partition coefficient (Wildman–Crippen LogP) is 0.422. The van der Waals surface area contributed by atoms with Crippen LogP contribution < -0.4 is 10.6 Å². The predicted molar refractivity (Wildman–Crippen MR) is 68.9 cm³/mol. The molecular formula is C11H10FKN3OS. The van der Waals surface area contributed by atoms with Gasteiger partial charge in [-0.3, -0.25) is 0 Å². The number of hydrogen-bond acceptors (Lipinski definition) is 3. The third-order valence-electron chi connectivity index (χ3n) is 2.65. The summed E-state index contributed by atoms with van der Waals surface area (Å²) in [6.45, 7) is 0. The van der Waals surface area contributed by atoms with E-state index in [4.69, 9.17) is 17.5 Å². The van der Waals surface area contributed by atoms with Gasteiger partial charge in [-0.1, -0.05) is 18.2 Å². The Kier molecular flexibility index (Phi) is 6.14. The fourth-order valence-corrected chi connectivity index (χ4v) is 2.07. The van der Waals surface area contributed by atoms with Gasteiger partial charge < -0.3 is 15.7 Å². The molecule has 89 valence electrons. The van der Waals surface area contributed by atoms with Crippen molar-refractivity contribution in [1.82, 2.24) is 10.6 Å². The fraction of sp³-hybridized carbons (Fsp3) is 0.273. The number of halogens is 1. The maximum absolute atomic E-state index is 13.6. The van der Waals surface area contributed by atoms with Gasteiger partial charge >= 0.3 is 0 Å². The summed E-state index contributed by atoms with van der Waals surface area (Å²) in [6, 6.07) is 7.41. The van der Waals surface area contributed by atoms with Crippen LogP contribution in [0.4, 0.5) is 4.39 Å². The molecule has 1 aromatic rings. The summed E-state index contributed by atoms with van der Waals surface area (Å²) in [7, 11) is 0. The molecule has 0 aromatic heterocycles. The Morgan fingerprint density at radius 2 is 2.00 bits per heavy atom. The summed E-state index contributed by atoms with van der Waals surface area (Å²) in [5, 5.41) is 24.2. The van der Waals surface area contributed by atoms with Crippen LogP contribution in [0.5, 0.6) is 0 Å². The third kappa shape index (κ3) is 3.27. The van der Waals surface area contributed by atoms with Crippen molar-refractivity contribution in [3.8, 4) is 6.07 Å². The van der Waals surface area contributed by atoms with Crippen LogP contribution in [0, 0.1) is 23.1 Å². The minimum atomic E-state index is -1.10. The van der Waals surface area contributed by atoms with Crippen molar-refractivity contribution in [3.05, 3.63) is 35.6 Å². The first-order valence-corrected chi connectivity index (χ1v) is 5.43. The number of nitrogens with one attached hydrogen (secondary N) is 2. The molecule has 1 heterocycles. The van der Waals surface area contributed by atoms with Gasteiger partial charge in [0.1, 0.15) is 18.0 Å². The summed E-state index contributed by atoms with van der Waals surface area (Å²) >= 11 is 4.89. The Labute approximate surface area is 152 Å². The summed E-state index contributed by atoms with van der Waals surface area (Å²) in [6.07, 6.45) is -1.10. The quantitative estimate of drug-likeness (QED) is 0.517. The summed E-state index contributed by atoms with van der Waals surface area (Å²) < 4.78 is 13.6. The molecule has 0 spiro atoms. The molecule has 4 nitrogen and oxygen atoms in total. The zero-order chi connectivity index (χ0) is 12.4. The Morgan fingerprint density at radius 3 is 2.61 bits per heavy atom. The summed E-state index contributed by atoms with van der Waals surface area (Å²) in [5.74, 6) is -1.24. The topological polar surface area (TPSA) is 68.1 Å².